The van der Waals surface area contributed by atoms with E-state index < -0.39 is 0 Å². The van der Waals surface area contributed by atoms with Crippen LogP contribution in [0.5, 0.6) is 0 Å². The summed E-state index contributed by atoms with van der Waals surface area (Å²) in [6.45, 7) is 0.863. The standard InChI is InChI=1S/C12H13NO/c1-13-10-12-7-5-11(6-8-12)4-2-3-9-14/h5-9,13H,3,10H2,1H3. The number of nitrogens with one attached hydrogen (secondary N) is 1. The molecule has 1 aromatic rings. The van der Waals surface area contributed by atoms with Crippen molar-refractivity contribution in [1.82, 2.24) is 5.32 Å². The summed E-state index contributed by atoms with van der Waals surface area (Å²) in [4.78, 5) is 10.0. The van der Waals surface area contributed by atoms with E-state index in [-0.39, 0.29) is 0 Å². The maximum Gasteiger partial charge on any atom is 0.131 e. The molecule has 2 heteroatoms. The lowest BCUT2D eigenvalue weighted by atomic mass is 10.1. The molecule has 0 radical (unpaired) electrons. The summed E-state index contributed by atoms with van der Waals surface area (Å²) in [6, 6.07) is 7.98. The zero-order chi connectivity index (χ0) is 10.2. The van der Waals surface area contributed by atoms with Crippen molar-refractivity contribution in [3.8, 4) is 11.8 Å². The van der Waals surface area contributed by atoms with E-state index in [9.17, 15) is 4.79 Å². The molecule has 0 aliphatic carbocycles. The van der Waals surface area contributed by atoms with Gasteiger partial charge in [0.05, 0.1) is 6.42 Å². The molecule has 1 aromatic carbocycles. The van der Waals surface area contributed by atoms with E-state index in [0.717, 1.165) is 18.4 Å². The average molecular weight is 187 g/mol. The molecule has 14 heavy (non-hydrogen) atoms. The van der Waals surface area contributed by atoms with Crippen LogP contribution in [0.4, 0.5) is 0 Å². The molecular formula is C12H13NO. The molecule has 0 aliphatic heterocycles. The lowest BCUT2D eigenvalue weighted by Gasteiger charge is -1.98. The van der Waals surface area contributed by atoms with Crippen LogP contribution in [-0.2, 0) is 11.3 Å². The summed E-state index contributed by atoms with van der Waals surface area (Å²) in [6.07, 6.45) is 1.11. The van der Waals surface area contributed by atoms with Gasteiger partial charge in [-0.1, -0.05) is 24.0 Å². The molecule has 0 spiro atoms. The maximum absolute atomic E-state index is 10.0. The third-order valence-electron chi connectivity index (χ3n) is 1.75. The van der Waals surface area contributed by atoms with Gasteiger partial charge >= 0.3 is 0 Å². The van der Waals surface area contributed by atoms with Crippen molar-refractivity contribution in [3.63, 3.8) is 0 Å². The van der Waals surface area contributed by atoms with E-state index in [1.807, 2.05) is 31.3 Å². The monoisotopic (exact) mass is 187 g/mol. The smallest absolute Gasteiger partial charge is 0.131 e. The molecule has 0 saturated carbocycles. The number of hydrogen-bond donors (Lipinski definition) is 1. The zero-order valence-corrected chi connectivity index (χ0v) is 8.21. The quantitative estimate of drug-likeness (QED) is 0.571. The van der Waals surface area contributed by atoms with Gasteiger partial charge < -0.3 is 10.1 Å². The number of rotatable bonds is 3. The summed E-state index contributed by atoms with van der Waals surface area (Å²) in [5.41, 5.74) is 2.18. The SMILES string of the molecule is CNCc1ccc(C#CCC=O)cc1. The van der Waals surface area contributed by atoms with Gasteiger partial charge in [0.25, 0.3) is 0 Å². The number of carbonyl (C=O) groups excluding carboxylic acids is 1. The lowest BCUT2D eigenvalue weighted by molar-refractivity contribution is -0.107. The predicted octanol–water partition coefficient (Wildman–Crippen LogP) is 1.35. The Balaban J connectivity index is 2.64. The molecule has 0 saturated heterocycles. The molecule has 72 valence electrons. The molecule has 0 atom stereocenters. The Hall–Kier alpha value is -1.59. The van der Waals surface area contributed by atoms with Crippen molar-refractivity contribution in [2.45, 2.75) is 13.0 Å². The van der Waals surface area contributed by atoms with E-state index in [0.29, 0.717) is 6.42 Å². The number of aldehydes is 1. The molecule has 1 rings (SSSR count). The lowest BCUT2D eigenvalue weighted by Crippen LogP contribution is -2.04. The van der Waals surface area contributed by atoms with Gasteiger partial charge in [0, 0.05) is 12.1 Å². The van der Waals surface area contributed by atoms with Crippen molar-refractivity contribution in [2.24, 2.45) is 0 Å². The van der Waals surface area contributed by atoms with Gasteiger partial charge in [-0.05, 0) is 24.7 Å². The van der Waals surface area contributed by atoms with Gasteiger partial charge in [-0.2, -0.15) is 0 Å². The van der Waals surface area contributed by atoms with Gasteiger partial charge in [-0.25, -0.2) is 0 Å². The first-order chi connectivity index (χ1) is 6.86. The largest absolute Gasteiger partial charge is 0.316 e. The highest BCUT2D eigenvalue weighted by Gasteiger charge is 1.89. The van der Waals surface area contributed by atoms with E-state index in [1.165, 1.54) is 5.56 Å². The summed E-state index contributed by atoms with van der Waals surface area (Å²) < 4.78 is 0. The Morgan fingerprint density at radius 1 is 1.36 bits per heavy atom. The molecule has 0 unspecified atom stereocenters. The van der Waals surface area contributed by atoms with Crippen LogP contribution >= 0.6 is 0 Å². The van der Waals surface area contributed by atoms with Gasteiger partial charge in [-0.3, -0.25) is 0 Å². The Labute approximate surface area is 84.3 Å². The van der Waals surface area contributed by atoms with Gasteiger partial charge in [0.2, 0.25) is 0 Å². The van der Waals surface area contributed by atoms with E-state index in [4.69, 9.17) is 0 Å². The van der Waals surface area contributed by atoms with Crippen LogP contribution in [0.25, 0.3) is 0 Å². The maximum atomic E-state index is 10.0. The molecule has 1 N–H and O–H groups in total. The average Bonchev–Trinajstić information content (AvgIpc) is 2.21. The van der Waals surface area contributed by atoms with Gasteiger partial charge in [0.1, 0.15) is 6.29 Å². The van der Waals surface area contributed by atoms with Crippen molar-refractivity contribution >= 4 is 6.29 Å². The van der Waals surface area contributed by atoms with Crippen molar-refractivity contribution in [3.05, 3.63) is 35.4 Å². The summed E-state index contributed by atoms with van der Waals surface area (Å²) >= 11 is 0. The van der Waals surface area contributed by atoms with Crippen LogP contribution in [0.2, 0.25) is 0 Å². The fraction of sp³-hybridized carbons (Fsp3) is 0.250. The molecule has 0 aliphatic rings. The van der Waals surface area contributed by atoms with E-state index in [1.54, 1.807) is 0 Å². The highest BCUT2D eigenvalue weighted by molar-refractivity contribution is 5.54. The summed E-state index contributed by atoms with van der Waals surface area (Å²) in [5.74, 6) is 5.68. The first-order valence-electron chi connectivity index (χ1n) is 4.53. The highest BCUT2D eigenvalue weighted by Crippen LogP contribution is 2.02. The van der Waals surface area contributed by atoms with Crippen molar-refractivity contribution in [2.75, 3.05) is 7.05 Å². The molecule has 2 nitrogen and oxygen atoms in total. The number of benzene rings is 1. The Kier molecular flexibility index (Phi) is 4.46. The second kappa shape index (κ2) is 5.95. The first kappa shape index (κ1) is 10.5. The molecule has 0 heterocycles. The number of hydrogen-bond acceptors (Lipinski definition) is 2. The predicted molar refractivity (Wildman–Crippen MR) is 56.8 cm³/mol. The normalized spacial score (nSPS) is 8.93. The molecule has 0 aromatic heterocycles. The van der Waals surface area contributed by atoms with E-state index >= 15 is 0 Å². The molecule has 0 fully saturated rings. The van der Waals surface area contributed by atoms with Gasteiger partial charge in [0.15, 0.2) is 0 Å². The van der Waals surface area contributed by atoms with Gasteiger partial charge in [-0.15, -0.1) is 0 Å². The van der Waals surface area contributed by atoms with E-state index in [2.05, 4.69) is 17.2 Å². The van der Waals surface area contributed by atoms with Crippen molar-refractivity contribution < 1.29 is 4.79 Å². The Morgan fingerprint density at radius 3 is 2.64 bits per heavy atom. The van der Waals surface area contributed by atoms with Crippen LogP contribution in [-0.4, -0.2) is 13.3 Å². The molecule has 0 bridgehead atoms. The third-order valence-corrected chi connectivity index (χ3v) is 1.75. The zero-order valence-electron chi connectivity index (χ0n) is 8.21. The van der Waals surface area contributed by atoms with Crippen LogP contribution in [0.1, 0.15) is 17.5 Å². The number of carbonyl (C=O) groups is 1. The minimum absolute atomic E-state index is 0.304. The van der Waals surface area contributed by atoms with Crippen LogP contribution < -0.4 is 5.32 Å². The molecular weight excluding hydrogens is 174 g/mol. The second-order valence-electron chi connectivity index (χ2n) is 2.90. The van der Waals surface area contributed by atoms with Crippen LogP contribution in [0.15, 0.2) is 24.3 Å². The Morgan fingerprint density at radius 2 is 2.07 bits per heavy atom. The molecule has 0 amide bonds. The third kappa shape index (κ3) is 3.42. The van der Waals surface area contributed by atoms with Crippen LogP contribution in [0.3, 0.4) is 0 Å². The fourth-order valence-corrected chi connectivity index (χ4v) is 1.10. The minimum atomic E-state index is 0.304. The minimum Gasteiger partial charge on any atom is -0.316 e. The summed E-state index contributed by atoms with van der Waals surface area (Å²) in [7, 11) is 1.91. The topological polar surface area (TPSA) is 29.1 Å². The first-order valence-corrected chi connectivity index (χ1v) is 4.53. The second-order valence-corrected chi connectivity index (χ2v) is 2.90. The van der Waals surface area contributed by atoms with Crippen molar-refractivity contribution in [1.29, 1.82) is 0 Å². The van der Waals surface area contributed by atoms with Crippen LogP contribution in [0, 0.1) is 11.8 Å². The fourth-order valence-electron chi connectivity index (χ4n) is 1.10. The Bertz CT molecular complexity index is 343. The summed E-state index contributed by atoms with van der Waals surface area (Å²) in [5, 5.41) is 3.07. The highest BCUT2D eigenvalue weighted by atomic mass is 16.1.